The Labute approximate surface area is 114 Å². The molecule has 19 heavy (non-hydrogen) atoms. The fourth-order valence-corrected chi connectivity index (χ4v) is 1.69. The molecule has 5 heteroatoms. The van der Waals surface area contributed by atoms with Gasteiger partial charge in [0.25, 0.3) is 0 Å². The number of amides is 1. The first-order valence-electron chi connectivity index (χ1n) is 6.37. The number of ether oxygens (including phenoxy) is 1. The molecule has 3 N–H and O–H groups in total. The molecule has 0 aliphatic heterocycles. The molecule has 1 rings (SSSR count). The Balaban J connectivity index is 2.73. The molecule has 0 bridgehead atoms. The molecule has 1 heterocycles. The maximum atomic E-state index is 12.1. The Morgan fingerprint density at radius 3 is 2.68 bits per heavy atom. The van der Waals surface area contributed by atoms with E-state index in [1.165, 1.54) is 0 Å². The summed E-state index contributed by atoms with van der Waals surface area (Å²) in [7, 11) is 1.57. The topological polar surface area (TPSA) is 77.2 Å². The number of methoxy groups -OCH3 is 1. The first kappa shape index (κ1) is 15.4. The summed E-state index contributed by atoms with van der Waals surface area (Å²) >= 11 is 0. The number of nitrogens with one attached hydrogen (secondary N) is 1. The molecule has 0 saturated heterocycles. The van der Waals surface area contributed by atoms with Crippen LogP contribution in [0.15, 0.2) is 18.2 Å². The van der Waals surface area contributed by atoms with E-state index in [-0.39, 0.29) is 17.4 Å². The maximum absolute atomic E-state index is 12.1. The number of aromatic nitrogens is 1. The van der Waals surface area contributed by atoms with E-state index in [4.69, 9.17) is 10.5 Å². The zero-order chi connectivity index (χ0) is 14.5. The first-order valence-corrected chi connectivity index (χ1v) is 6.37. The summed E-state index contributed by atoms with van der Waals surface area (Å²) in [5, 5.41) is 2.94. The standard InChI is InChI=1S/C14H23N3O2/c1-14(2,3)17-13(18)10(9-15)8-11-6-5-7-12(16-11)19-4/h5-7,10H,8-9,15H2,1-4H3,(H,17,18). The largest absolute Gasteiger partial charge is 0.481 e. The van der Waals surface area contributed by atoms with Crippen molar-refractivity contribution in [2.75, 3.05) is 13.7 Å². The van der Waals surface area contributed by atoms with Crippen molar-refractivity contribution in [2.24, 2.45) is 11.7 Å². The zero-order valence-corrected chi connectivity index (χ0v) is 12.1. The molecule has 1 amide bonds. The predicted octanol–water partition coefficient (Wildman–Crippen LogP) is 1.12. The summed E-state index contributed by atoms with van der Waals surface area (Å²) in [6, 6.07) is 5.50. The number of carbonyl (C=O) groups excluding carboxylic acids is 1. The third kappa shape index (κ3) is 5.26. The number of pyridine rings is 1. The molecule has 0 aliphatic carbocycles. The first-order chi connectivity index (χ1) is 8.85. The van der Waals surface area contributed by atoms with Crippen LogP contribution in [0.5, 0.6) is 5.88 Å². The van der Waals surface area contributed by atoms with Crippen molar-refractivity contribution in [3.05, 3.63) is 23.9 Å². The van der Waals surface area contributed by atoms with Crippen LogP contribution in [-0.4, -0.2) is 30.1 Å². The maximum Gasteiger partial charge on any atom is 0.225 e. The summed E-state index contributed by atoms with van der Waals surface area (Å²) in [6.07, 6.45) is 0.510. The SMILES string of the molecule is COc1cccc(CC(CN)C(=O)NC(C)(C)C)n1. The van der Waals surface area contributed by atoms with Crippen LogP contribution in [-0.2, 0) is 11.2 Å². The van der Waals surface area contributed by atoms with E-state index in [0.717, 1.165) is 5.69 Å². The number of hydrogen-bond donors (Lipinski definition) is 2. The molecule has 0 aromatic carbocycles. The molecule has 106 valence electrons. The summed E-state index contributed by atoms with van der Waals surface area (Å²) < 4.78 is 5.07. The van der Waals surface area contributed by atoms with Crippen molar-refractivity contribution in [2.45, 2.75) is 32.7 Å². The van der Waals surface area contributed by atoms with Gasteiger partial charge in [0, 0.05) is 30.3 Å². The summed E-state index contributed by atoms with van der Waals surface area (Å²) in [5.74, 6) is 0.225. The van der Waals surface area contributed by atoms with Crippen LogP contribution in [0.3, 0.4) is 0 Å². The van der Waals surface area contributed by atoms with Crippen molar-refractivity contribution < 1.29 is 9.53 Å². The minimum absolute atomic E-state index is 0.0420. The van der Waals surface area contributed by atoms with Crippen molar-refractivity contribution in [1.29, 1.82) is 0 Å². The third-order valence-electron chi connectivity index (χ3n) is 2.60. The Kier molecular flexibility index (Phi) is 5.30. The van der Waals surface area contributed by atoms with Crippen LogP contribution in [0.4, 0.5) is 0 Å². The highest BCUT2D eigenvalue weighted by molar-refractivity contribution is 5.79. The normalized spacial score (nSPS) is 12.9. The van der Waals surface area contributed by atoms with Crippen LogP contribution in [0.25, 0.3) is 0 Å². The van der Waals surface area contributed by atoms with Gasteiger partial charge in [-0.25, -0.2) is 4.98 Å². The predicted molar refractivity (Wildman–Crippen MR) is 74.9 cm³/mol. The second-order valence-corrected chi connectivity index (χ2v) is 5.55. The molecule has 0 radical (unpaired) electrons. The van der Waals surface area contributed by atoms with Gasteiger partial charge >= 0.3 is 0 Å². The number of carbonyl (C=O) groups is 1. The molecular formula is C14H23N3O2. The van der Waals surface area contributed by atoms with E-state index in [2.05, 4.69) is 10.3 Å². The number of rotatable bonds is 5. The molecule has 0 aliphatic rings. The van der Waals surface area contributed by atoms with E-state index in [9.17, 15) is 4.79 Å². The molecule has 0 fully saturated rings. The molecule has 1 unspecified atom stereocenters. The Morgan fingerprint density at radius 2 is 2.16 bits per heavy atom. The molecule has 0 spiro atoms. The monoisotopic (exact) mass is 265 g/mol. The lowest BCUT2D eigenvalue weighted by molar-refractivity contribution is -0.126. The van der Waals surface area contributed by atoms with Gasteiger partial charge in [0.05, 0.1) is 13.0 Å². The van der Waals surface area contributed by atoms with Crippen LogP contribution < -0.4 is 15.8 Å². The van der Waals surface area contributed by atoms with Gasteiger partial charge in [-0.3, -0.25) is 4.79 Å². The lowest BCUT2D eigenvalue weighted by Gasteiger charge is -2.24. The van der Waals surface area contributed by atoms with E-state index in [1.807, 2.05) is 32.9 Å². The summed E-state index contributed by atoms with van der Waals surface area (Å²) in [4.78, 5) is 16.4. The lowest BCUT2D eigenvalue weighted by Crippen LogP contribution is -2.46. The molecule has 1 aromatic rings. The highest BCUT2D eigenvalue weighted by Crippen LogP contribution is 2.12. The van der Waals surface area contributed by atoms with Crippen molar-refractivity contribution in [1.82, 2.24) is 10.3 Å². The van der Waals surface area contributed by atoms with Crippen molar-refractivity contribution >= 4 is 5.91 Å². The van der Waals surface area contributed by atoms with Crippen molar-refractivity contribution in [3.8, 4) is 5.88 Å². The number of nitrogens with two attached hydrogens (primary N) is 1. The molecule has 0 saturated carbocycles. The van der Waals surface area contributed by atoms with Crippen LogP contribution >= 0.6 is 0 Å². The zero-order valence-electron chi connectivity index (χ0n) is 12.1. The van der Waals surface area contributed by atoms with Gasteiger partial charge in [0.1, 0.15) is 0 Å². The fourth-order valence-electron chi connectivity index (χ4n) is 1.69. The van der Waals surface area contributed by atoms with Gasteiger partial charge in [-0.05, 0) is 26.8 Å². The van der Waals surface area contributed by atoms with Gasteiger partial charge in [0.15, 0.2) is 0 Å². The molecule has 1 aromatic heterocycles. The lowest BCUT2D eigenvalue weighted by atomic mass is 9.99. The van der Waals surface area contributed by atoms with Crippen LogP contribution in [0, 0.1) is 5.92 Å². The minimum Gasteiger partial charge on any atom is -0.481 e. The quantitative estimate of drug-likeness (QED) is 0.836. The van der Waals surface area contributed by atoms with Gasteiger partial charge in [-0.1, -0.05) is 6.07 Å². The third-order valence-corrected chi connectivity index (χ3v) is 2.60. The highest BCUT2D eigenvalue weighted by atomic mass is 16.5. The van der Waals surface area contributed by atoms with Gasteiger partial charge in [-0.2, -0.15) is 0 Å². The summed E-state index contributed by atoms with van der Waals surface area (Å²) in [5.41, 5.74) is 6.24. The Bertz CT molecular complexity index is 427. The second-order valence-electron chi connectivity index (χ2n) is 5.55. The average molecular weight is 265 g/mol. The van der Waals surface area contributed by atoms with E-state index >= 15 is 0 Å². The van der Waals surface area contributed by atoms with Crippen molar-refractivity contribution in [3.63, 3.8) is 0 Å². The van der Waals surface area contributed by atoms with Gasteiger partial charge in [0.2, 0.25) is 11.8 Å². The number of nitrogens with zero attached hydrogens (tertiary/aromatic N) is 1. The second kappa shape index (κ2) is 6.52. The fraction of sp³-hybridized carbons (Fsp3) is 0.571. The summed E-state index contributed by atoms with van der Waals surface area (Å²) in [6.45, 7) is 6.13. The van der Waals surface area contributed by atoms with E-state index in [0.29, 0.717) is 18.8 Å². The van der Waals surface area contributed by atoms with E-state index < -0.39 is 0 Å². The Morgan fingerprint density at radius 1 is 1.47 bits per heavy atom. The molecule has 1 atom stereocenters. The van der Waals surface area contributed by atoms with Gasteiger partial charge in [-0.15, -0.1) is 0 Å². The minimum atomic E-state index is -0.279. The van der Waals surface area contributed by atoms with Gasteiger partial charge < -0.3 is 15.8 Å². The van der Waals surface area contributed by atoms with E-state index in [1.54, 1.807) is 13.2 Å². The molecular weight excluding hydrogens is 242 g/mol. The average Bonchev–Trinajstić information content (AvgIpc) is 2.34. The molecule has 5 nitrogen and oxygen atoms in total. The Hall–Kier alpha value is -1.62. The highest BCUT2D eigenvalue weighted by Gasteiger charge is 2.22. The van der Waals surface area contributed by atoms with Crippen LogP contribution in [0.2, 0.25) is 0 Å². The number of hydrogen-bond acceptors (Lipinski definition) is 4. The smallest absolute Gasteiger partial charge is 0.225 e. The van der Waals surface area contributed by atoms with Crippen LogP contribution in [0.1, 0.15) is 26.5 Å².